The second kappa shape index (κ2) is 8.67. The molecule has 1 fully saturated rings. The number of ether oxygens (including phenoxy) is 2. The lowest BCUT2D eigenvalue weighted by Gasteiger charge is -2.26. The van der Waals surface area contributed by atoms with E-state index in [1.54, 1.807) is 18.2 Å². The van der Waals surface area contributed by atoms with Crippen LogP contribution in [0.1, 0.15) is 24.2 Å². The van der Waals surface area contributed by atoms with Crippen LogP contribution in [-0.2, 0) is 17.9 Å². The maximum atomic E-state index is 14.2. The number of hydrogen-bond donors (Lipinski definition) is 0. The zero-order chi connectivity index (χ0) is 19.8. The normalized spacial score (nSPS) is 20.3. The van der Waals surface area contributed by atoms with Crippen LogP contribution in [0.3, 0.4) is 0 Å². The van der Waals surface area contributed by atoms with Gasteiger partial charge in [0.05, 0.1) is 31.1 Å². The molecule has 0 spiro atoms. The molecule has 4 heterocycles. The van der Waals surface area contributed by atoms with Crippen molar-refractivity contribution in [1.29, 1.82) is 0 Å². The molecule has 158 valence electrons. The first-order valence-electron chi connectivity index (χ1n) is 9.83. The van der Waals surface area contributed by atoms with Crippen molar-refractivity contribution < 1.29 is 13.9 Å². The minimum atomic E-state index is -0.297. The molecule has 30 heavy (non-hydrogen) atoms. The summed E-state index contributed by atoms with van der Waals surface area (Å²) in [5.41, 5.74) is 2.99. The molecule has 1 aromatic carbocycles. The molecule has 0 bridgehead atoms. The Labute approximate surface area is 180 Å². The van der Waals surface area contributed by atoms with Crippen LogP contribution >= 0.6 is 12.4 Å². The summed E-state index contributed by atoms with van der Waals surface area (Å²) in [4.78, 5) is 6.66. The van der Waals surface area contributed by atoms with Crippen molar-refractivity contribution in [2.45, 2.75) is 32.2 Å². The number of likely N-dealkylation sites (tertiary alicyclic amines) is 1. The molecule has 1 saturated heterocycles. The second-order valence-electron chi connectivity index (χ2n) is 7.36. The van der Waals surface area contributed by atoms with Crippen molar-refractivity contribution in [3.8, 4) is 17.1 Å². The van der Waals surface area contributed by atoms with Gasteiger partial charge in [0.15, 0.2) is 0 Å². The van der Waals surface area contributed by atoms with Crippen LogP contribution in [0.25, 0.3) is 11.3 Å². The van der Waals surface area contributed by atoms with Gasteiger partial charge in [0.25, 0.3) is 0 Å². The molecular formula is C21H23ClFN5O2. The maximum absolute atomic E-state index is 14.2. The van der Waals surface area contributed by atoms with E-state index in [-0.39, 0.29) is 30.4 Å². The summed E-state index contributed by atoms with van der Waals surface area (Å²) in [6.07, 6.45) is 1.90. The fourth-order valence-electron chi connectivity index (χ4n) is 4.12. The predicted octanol–water partition coefficient (Wildman–Crippen LogP) is 3.26. The van der Waals surface area contributed by atoms with Gasteiger partial charge in [-0.05, 0) is 24.6 Å². The zero-order valence-corrected chi connectivity index (χ0v) is 17.4. The van der Waals surface area contributed by atoms with E-state index in [9.17, 15) is 4.39 Å². The molecule has 0 amide bonds. The number of pyridine rings is 1. The van der Waals surface area contributed by atoms with E-state index in [1.165, 1.54) is 6.07 Å². The Hall–Kier alpha value is -2.55. The molecule has 2 aromatic heterocycles. The summed E-state index contributed by atoms with van der Waals surface area (Å²) in [6, 6.07) is 10.7. The van der Waals surface area contributed by atoms with Crippen molar-refractivity contribution in [3.63, 3.8) is 0 Å². The lowest BCUT2D eigenvalue weighted by molar-refractivity contribution is -0.00495. The third kappa shape index (κ3) is 3.78. The molecular weight excluding hydrogens is 409 g/mol. The quantitative estimate of drug-likeness (QED) is 0.617. The Bertz CT molecular complexity index is 1010. The Kier molecular flexibility index (Phi) is 5.99. The van der Waals surface area contributed by atoms with Gasteiger partial charge >= 0.3 is 0 Å². The molecule has 0 aliphatic carbocycles. The van der Waals surface area contributed by atoms with E-state index < -0.39 is 0 Å². The van der Waals surface area contributed by atoms with Gasteiger partial charge in [-0.2, -0.15) is 0 Å². The third-order valence-electron chi connectivity index (χ3n) is 5.48. The second-order valence-corrected chi connectivity index (χ2v) is 7.36. The van der Waals surface area contributed by atoms with Gasteiger partial charge in [-0.3, -0.25) is 4.90 Å². The number of hydrogen-bond acceptors (Lipinski definition) is 6. The summed E-state index contributed by atoms with van der Waals surface area (Å²) >= 11 is 0. The van der Waals surface area contributed by atoms with Crippen LogP contribution in [0.5, 0.6) is 5.88 Å². The van der Waals surface area contributed by atoms with E-state index in [2.05, 4.69) is 20.2 Å². The molecule has 0 unspecified atom stereocenters. The van der Waals surface area contributed by atoms with Gasteiger partial charge in [0, 0.05) is 37.5 Å². The minimum Gasteiger partial charge on any atom is -0.478 e. The Morgan fingerprint density at radius 3 is 2.83 bits per heavy atom. The highest BCUT2D eigenvalue weighted by molar-refractivity contribution is 5.85. The summed E-state index contributed by atoms with van der Waals surface area (Å²) in [5, 5.41) is 8.63. The SMILES string of the molecule is CCOc1ccc(CN2C[C@@H]3[C@@H](C2)OCc2c(-c4ccccc4F)nnn23)cn1.Cl. The van der Waals surface area contributed by atoms with Gasteiger partial charge in [-0.25, -0.2) is 14.1 Å². The van der Waals surface area contributed by atoms with Gasteiger partial charge in [0.1, 0.15) is 11.5 Å². The first-order valence-corrected chi connectivity index (χ1v) is 9.83. The Balaban J connectivity index is 0.00000218. The van der Waals surface area contributed by atoms with Gasteiger partial charge in [-0.1, -0.05) is 23.4 Å². The molecule has 7 nitrogen and oxygen atoms in total. The van der Waals surface area contributed by atoms with Crippen LogP contribution in [0, 0.1) is 5.82 Å². The lowest BCUT2D eigenvalue weighted by atomic mass is 10.1. The number of benzene rings is 1. The van der Waals surface area contributed by atoms with E-state index in [1.807, 2.05) is 29.9 Å². The van der Waals surface area contributed by atoms with Gasteiger partial charge in [0.2, 0.25) is 5.88 Å². The van der Waals surface area contributed by atoms with Gasteiger partial charge < -0.3 is 9.47 Å². The van der Waals surface area contributed by atoms with E-state index in [0.717, 1.165) is 30.9 Å². The van der Waals surface area contributed by atoms with Crippen molar-refractivity contribution in [1.82, 2.24) is 24.9 Å². The minimum absolute atomic E-state index is 0. The van der Waals surface area contributed by atoms with Crippen LogP contribution in [0.4, 0.5) is 4.39 Å². The Morgan fingerprint density at radius 1 is 1.20 bits per heavy atom. The highest BCUT2D eigenvalue weighted by Gasteiger charge is 2.40. The predicted molar refractivity (Wildman–Crippen MR) is 111 cm³/mol. The fraction of sp³-hybridized carbons (Fsp3) is 0.381. The maximum Gasteiger partial charge on any atom is 0.213 e. The summed E-state index contributed by atoms with van der Waals surface area (Å²) in [5.74, 6) is 0.344. The molecule has 2 aliphatic rings. The first-order chi connectivity index (χ1) is 14.2. The van der Waals surface area contributed by atoms with Crippen molar-refractivity contribution in [3.05, 3.63) is 59.7 Å². The monoisotopic (exact) mass is 431 g/mol. The van der Waals surface area contributed by atoms with Crippen LogP contribution < -0.4 is 4.74 Å². The number of fused-ring (bicyclic) bond motifs is 3. The highest BCUT2D eigenvalue weighted by Crippen LogP contribution is 2.35. The van der Waals surface area contributed by atoms with Crippen molar-refractivity contribution in [2.75, 3.05) is 19.7 Å². The van der Waals surface area contributed by atoms with Crippen molar-refractivity contribution in [2.24, 2.45) is 0 Å². The summed E-state index contributed by atoms with van der Waals surface area (Å²) < 4.78 is 27.7. The van der Waals surface area contributed by atoms with E-state index in [4.69, 9.17) is 9.47 Å². The molecule has 2 atom stereocenters. The number of rotatable bonds is 5. The molecule has 9 heteroatoms. The number of aromatic nitrogens is 4. The largest absolute Gasteiger partial charge is 0.478 e. The van der Waals surface area contributed by atoms with Crippen molar-refractivity contribution >= 4 is 12.4 Å². The summed E-state index contributed by atoms with van der Waals surface area (Å²) in [7, 11) is 0. The molecule has 0 radical (unpaired) electrons. The number of halogens is 2. The van der Waals surface area contributed by atoms with Crippen LogP contribution in [-0.4, -0.2) is 50.7 Å². The smallest absolute Gasteiger partial charge is 0.213 e. The first kappa shape index (κ1) is 20.7. The highest BCUT2D eigenvalue weighted by atomic mass is 35.5. The topological polar surface area (TPSA) is 65.3 Å². The average molecular weight is 432 g/mol. The third-order valence-corrected chi connectivity index (χ3v) is 5.48. The van der Waals surface area contributed by atoms with Gasteiger partial charge in [-0.15, -0.1) is 17.5 Å². The summed E-state index contributed by atoms with van der Waals surface area (Å²) in [6.45, 7) is 5.32. The molecule has 0 N–H and O–H groups in total. The number of nitrogens with zero attached hydrogens (tertiary/aromatic N) is 5. The lowest BCUT2D eigenvalue weighted by Crippen LogP contribution is -2.32. The Morgan fingerprint density at radius 2 is 2.07 bits per heavy atom. The molecule has 0 saturated carbocycles. The van der Waals surface area contributed by atoms with Crippen LogP contribution in [0.2, 0.25) is 0 Å². The molecule has 2 aliphatic heterocycles. The average Bonchev–Trinajstić information content (AvgIpc) is 3.33. The molecule has 5 rings (SSSR count). The van der Waals surface area contributed by atoms with Crippen LogP contribution in [0.15, 0.2) is 42.6 Å². The molecule has 3 aromatic rings. The van der Waals surface area contributed by atoms with E-state index >= 15 is 0 Å². The zero-order valence-electron chi connectivity index (χ0n) is 16.6. The standard InChI is InChI=1S/C21H22FN5O2.ClH/c1-2-28-20-8-7-14(9-23-20)10-26-11-17-19(12-26)29-13-18-21(24-25-27(17)18)15-5-3-4-6-16(15)22;/h3-9,17,19H,2,10-13H2,1H3;1H/t17-,19-;/m1./s1. The fourth-order valence-corrected chi connectivity index (χ4v) is 4.12. The van der Waals surface area contributed by atoms with E-state index in [0.29, 0.717) is 30.4 Å².